The van der Waals surface area contributed by atoms with Crippen LogP contribution in [0.3, 0.4) is 0 Å². The molecule has 0 saturated carbocycles. The number of carbonyl (C=O) groups excluding carboxylic acids is 1. The molecule has 1 N–H and O–H groups in total. The van der Waals surface area contributed by atoms with Crippen molar-refractivity contribution in [2.24, 2.45) is 7.05 Å². The smallest absolute Gasteiger partial charge is 0.234 e. The van der Waals surface area contributed by atoms with Crippen molar-refractivity contribution in [1.29, 1.82) is 0 Å². The normalized spacial score (nSPS) is 10.7. The maximum atomic E-state index is 12.4. The van der Waals surface area contributed by atoms with Gasteiger partial charge in [-0.05, 0) is 37.1 Å². The fourth-order valence-electron chi connectivity index (χ4n) is 2.77. The first-order valence-corrected chi connectivity index (χ1v) is 9.51. The molecule has 0 aliphatic rings. The average Bonchev–Trinajstić information content (AvgIpc) is 3.04. The van der Waals surface area contributed by atoms with Gasteiger partial charge in [-0.15, -0.1) is 10.2 Å². The van der Waals surface area contributed by atoms with E-state index in [9.17, 15) is 4.79 Å². The number of anilines is 1. The first kappa shape index (κ1) is 19.0. The number of para-hydroxylation sites is 1. The monoisotopic (exact) mass is 382 g/mol. The molecule has 0 aliphatic heterocycles. The van der Waals surface area contributed by atoms with Gasteiger partial charge >= 0.3 is 0 Å². The minimum atomic E-state index is -0.0664. The summed E-state index contributed by atoms with van der Waals surface area (Å²) in [5.74, 6) is 1.69. The molecule has 0 saturated heterocycles. The fraction of sp³-hybridized carbons (Fsp3) is 0.250. The van der Waals surface area contributed by atoms with Crippen LogP contribution < -0.4 is 10.1 Å². The van der Waals surface area contributed by atoms with Gasteiger partial charge in [-0.2, -0.15) is 0 Å². The van der Waals surface area contributed by atoms with Crippen LogP contribution >= 0.6 is 11.8 Å². The summed E-state index contributed by atoms with van der Waals surface area (Å²) in [5.41, 5.74) is 3.88. The maximum Gasteiger partial charge on any atom is 0.234 e. The van der Waals surface area contributed by atoms with Gasteiger partial charge in [0.2, 0.25) is 5.91 Å². The number of methoxy groups -OCH3 is 1. The van der Waals surface area contributed by atoms with Crippen LogP contribution in [-0.4, -0.2) is 33.5 Å². The number of benzene rings is 2. The van der Waals surface area contributed by atoms with Crippen molar-refractivity contribution in [3.63, 3.8) is 0 Å². The highest BCUT2D eigenvalue weighted by molar-refractivity contribution is 7.99. The molecule has 1 aromatic heterocycles. The zero-order valence-corrected chi connectivity index (χ0v) is 16.6. The van der Waals surface area contributed by atoms with Crippen LogP contribution in [0.2, 0.25) is 0 Å². The van der Waals surface area contributed by atoms with Gasteiger partial charge in [0.1, 0.15) is 5.75 Å². The summed E-state index contributed by atoms with van der Waals surface area (Å²) in [6.07, 6.45) is 0. The van der Waals surface area contributed by atoms with E-state index < -0.39 is 0 Å². The molecule has 140 valence electrons. The van der Waals surface area contributed by atoms with Crippen LogP contribution in [0.4, 0.5) is 5.69 Å². The molecule has 27 heavy (non-hydrogen) atoms. The van der Waals surface area contributed by atoms with E-state index in [1.165, 1.54) is 11.8 Å². The minimum absolute atomic E-state index is 0.0664. The highest BCUT2D eigenvalue weighted by Gasteiger charge is 2.14. The van der Waals surface area contributed by atoms with Gasteiger partial charge in [-0.25, -0.2) is 0 Å². The second-order valence-electron chi connectivity index (χ2n) is 6.20. The number of amides is 1. The number of hydrogen-bond acceptors (Lipinski definition) is 5. The minimum Gasteiger partial charge on any atom is -0.497 e. The van der Waals surface area contributed by atoms with Crippen LogP contribution in [0.15, 0.2) is 47.6 Å². The zero-order valence-electron chi connectivity index (χ0n) is 15.8. The van der Waals surface area contributed by atoms with Gasteiger partial charge in [0, 0.05) is 18.3 Å². The van der Waals surface area contributed by atoms with E-state index in [1.54, 1.807) is 7.11 Å². The van der Waals surface area contributed by atoms with Crippen LogP contribution in [0.1, 0.15) is 11.1 Å². The molecule has 0 spiro atoms. The molecule has 0 atom stereocenters. The largest absolute Gasteiger partial charge is 0.497 e. The van der Waals surface area contributed by atoms with Crippen molar-refractivity contribution < 1.29 is 9.53 Å². The van der Waals surface area contributed by atoms with Gasteiger partial charge in [0.25, 0.3) is 0 Å². The van der Waals surface area contributed by atoms with Gasteiger partial charge in [-0.1, -0.05) is 42.1 Å². The number of ether oxygens (including phenoxy) is 1. The van der Waals surface area contributed by atoms with Crippen molar-refractivity contribution in [2.45, 2.75) is 19.0 Å². The van der Waals surface area contributed by atoms with E-state index in [1.807, 2.05) is 67.9 Å². The number of thioether (sulfide) groups is 1. The molecule has 2 aromatic carbocycles. The molecule has 0 radical (unpaired) electrons. The summed E-state index contributed by atoms with van der Waals surface area (Å²) in [4.78, 5) is 12.4. The van der Waals surface area contributed by atoms with E-state index >= 15 is 0 Å². The molecule has 0 aliphatic carbocycles. The van der Waals surface area contributed by atoms with Crippen molar-refractivity contribution in [3.8, 4) is 17.1 Å². The van der Waals surface area contributed by atoms with Crippen molar-refractivity contribution >= 4 is 23.4 Å². The Labute approximate surface area is 163 Å². The first-order valence-electron chi connectivity index (χ1n) is 8.52. The van der Waals surface area contributed by atoms with E-state index in [-0.39, 0.29) is 11.7 Å². The number of nitrogens with zero attached hydrogens (tertiary/aromatic N) is 3. The lowest BCUT2D eigenvalue weighted by Gasteiger charge is -2.11. The molecule has 3 rings (SSSR count). The summed E-state index contributed by atoms with van der Waals surface area (Å²) in [6.45, 7) is 3.97. The van der Waals surface area contributed by atoms with Crippen LogP contribution in [0.5, 0.6) is 5.75 Å². The third-order valence-electron chi connectivity index (χ3n) is 4.24. The number of aryl methyl sites for hydroxylation is 2. The summed E-state index contributed by atoms with van der Waals surface area (Å²) in [5, 5.41) is 12.1. The topological polar surface area (TPSA) is 69.0 Å². The predicted molar refractivity (Wildman–Crippen MR) is 108 cm³/mol. The van der Waals surface area contributed by atoms with Crippen LogP contribution in [-0.2, 0) is 11.8 Å². The quantitative estimate of drug-likeness (QED) is 0.656. The van der Waals surface area contributed by atoms with E-state index in [0.717, 1.165) is 34.0 Å². The number of hydrogen-bond donors (Lipinski definition) is 1. The molecule has 0 unspecified atom stereocenters. The molecule has 3 aromatic rings. The van der Waals surface area contributed by atoms with Crippen molar-refractivity contribution in [1.82, 2.24) is 14.8 Å². The number of rotatable bonds is 6. The molecule has 1 heterocycles. The molecule has 1 amide bonds. The van der Waals surface area contributed by atoms with E-state index in [4.69, 9.17) is 4.74 Å². The maximum absolute atomic E-state index is 12.4. The first-order chi connectivity index (χ1) is 13.0. The van der Waals surface area contributed by atoms with Crippen LogP contribution in [0.25, 0.3) is 11.4 Å². The van der Waals surface area contributed by atoms with Gasteiger partial charge < -0.3 is 14.6 Å². The van der Waals surface area contributed by atoms with Gasteiger partial charge in [0.05, 0.1) is 12.9 Å². The van der Waals surface area contributed by atoms with Crippen LogP contribution in [0, 0.1) is 13.8 Å². The zero-order chi connectivity index (χ0) is 19.4. The summed E-state index contributed by atoms with van der Waals surface area (Å²) < 4.78 is 7.14. The lowest BCUT2D eigenvalue weighted by molar-refractivity contribution is -0.113. The lowest BCUT2D eigenvalue weighted by atomic mass is 10.1. The standard InChI is InChI=1S/C20H22N4O2S/c1-13-7-5-8-14(2)18(13)21-17(25)12-27-20-23-22-19(24(20)3)15-9-6-10-16(11-15)26-4/h5-11H,12H2,1-4H3,(H,21,25). The molecular formula is C20H22N4O2S. The Morgan fingerprint density at radius 1 is 1.15 bits per heavy atom. The second kappa shape index (κ2) is 8.26. The molecular weight excluding hydrogens is 360 g/mol. The number of nitrogens with one attached hydrogen (secondary N) is 1. The highest BCUT2D eigenvalue weighted by atomic mass is 32.2. The molecule has 6 nitrogen and oxygen atoms in total. The van der Waals surface area contributed by atoms with Gasteiger partial charge in [0.15, 0.2) is 11.0 Å². The Morgan fingerprint density at radius 2 is 1.85 bits per heavy atom. The average molecular weight is 382 g/mol. The SMILES string of the molecule is COc1cccc(-c2nnc(SCC(=O)Nc3c(C)cccc3C)n2C)c1. The number of aromatic nitrogens is 3. The summed E-state index contributed by atoms with van der Waals surface area (Å²) >= 11 is 1.36. The van der Waals surface area contributed by atoms with E-state index in [0.29, 0.717) is 5.16 Å². The highest BCUT2D eigenvalue weighted by Crippen LogP contribution is 2.26. The predicted octanol–water partition coefficient (Wildman–Crippen LogP) is 3.84. The fourth-order valence-corrected chi connectivity index (χ4v) is 3.48. The molecule has 0 bridgehead atoms. The Balaban J connectivity index is 1.68. The Hall–Kier alpha value is -2.80. The van der Waals surface area contributed by atoms with Crippen molar-refractivity contribution in [3.05, 3.63) is 53.6 Å². The summed E-state index contributed by atoms with van der Waals surface area (Å²) in [6, 6.07) is 13.6. The second-order valence-corrected chi connectivity index (χ2v) is 7.14. The lowest BCUT2D eigenvalue weighted by Crippen LogP contribution is -2.16. The third-order valence-corrected chi connectivity index (χ3v) is 5.26. The van der Waals surface area contributed by atoms with Crippen molar-refractivity contribution in [2.75, 3.05) is 18.2 Å². The van der Waals surface area contributed by atoms with E-state index in [2.05, 4.69) is 15.5 Å². The Bertz CT molecular complexity index is 948. The van der Waals surface area contributed by atoms with Gasteiger partial charge in [-0.3, -0.25) is 4.79 Å². The molecule has 0 fully saturated rings. The number of carbonyl (C=O) groups is 1. The summed E-state index contributed by atoms with van der Waals surface area (Å²) in [7, 11) is 3.52. The molecule has 7 heteroatoms. The Morgan fingerprint density at radius 3 is 2.56 bits per heavy atom. The third kappa shape index (κ3) is 4.31. The Kier molecular flexibility index (Phi) is 5.81.